The van der Waals surface area contributed by atoms with Crippen LogP contribution in [0.5, 0.6) is 5.75 Å². The minimum atomic E-state index is -1.24. The zero-order chi connectivity index (χ0) is 16.7. The third-order valence-electron chi connectivity index (χ3n) is 3.20. The first-order valence-electron chi connectivity index (χ1n) is 7.32. The minimum Gasteiger partial charge on any atom is -0.545 e. The summed E-state index contributed by atoms with van der Waals surface area (Å²) in [5, 5.41) is 10.8. The highest BCUT2D eigenvalue weighted by Gasteiger charge is 2.01. The van der Waals surface area contributed by atoms with Crippen molar-refractivity contribution in [1.82, 2.24) is 0 Å². The van der Waals surface area contributed by atoms with Crippen molar-refractivity contribution in [3.8, 4) is 5.75 Å². The molecule has 0 heterocycles. The van der Waals surface area contributed by atoms with Crippen LogP contribution in [0.2, 0.25) is 0 Å². The summed E-state index contributed by atoms with van der Waals surface area (Å²) < 4.78 is 5.35. The van der Waals surface area contributed by atoms with E-state index in [0.717, 1.165) is 11.3 Å². The van der Waals surface area contributed by atoms with Crippen molar-refractivity contribution in [3.63, 3.8) is 0 Å². The van der Waals surface area contributed by atoms with Gasteiger partial charge < -0.3 is 14.6 Å². The molecule has 4 nitrogen and oxygen atoms in total. The van der Waals surface area contributed by atoms with E-state index in [9.17, 15) is 14.7 Å². The van der Waals surface area contributed by atoms with E-state index in [-0.39, 0.29) is 17.8 Å². The van der Waals surface area contributed by atoms with Crippen molar-refractivity contribution in [2.24, 2.45) is 0 Å². The average Bonchev–Trinajstić information content (AvgIpc) is 2.55. The lowest BCUT2D eigenvalue weighted by molar-refractivity contribution is -0.255. The summed E-state index contributed by atoms with van der Waals surface area (Å²) in [7, 11) is 0. The lowest BCUT2D eigenvalue weighted by atomic mass is 10.1. The molecule has 0 spiro atoms. The molecule has 0 amide bonds. The normalized spacial score (nSPS) is 10.7. The Bertz CT molecular complexity index is 714. The Kier molecular flexibility index (Phi) is 5.69. The monoisotopic (exact) mass is 309 g/mol. The maximum absolute atomic E-state index is 12.0. The number of allylic oxidation sites excluding steroid dienone is 1. The van der Waals surface area contributed by atoms with Gasteiger partial charge in [-0.05, 0) is 47.9 Å². The first kappa shape index (κ1) is 16.5. The van der Waals surface area contributed by atoms with Crippen molar-refractivity contribution in [1.29, 1.82) is 0 Å². The van der Waals surface area contributed by atoms with E-state index >= 15 is 0 Å². The zero-order valence-corrected chi connectivity index (χ0v) is 12.8. The van der Waals surface area contributed by atoms with E-state index in [1.165, 1.54) is 18.2 Å². The molecular weight excluding hydrogens is 292 g/mol. The smallest absolute Gasteiger partial charge is 0.160 e. The molecule has 0 fully saturated rings. The minimum absolute atomic E-state index is 0.0620. The third kappa shape index (κ3) is 5.11. The third-order valence-corrected chi connectivity index (χ3v) is 3.20. The summed E-state index contributed by atoms with van der Waals surface area (Å²) in [5.74, 6) is -0.521. The second kappa shape index (κ2) is 7.94. The number of ether oxygens (including phenoxy) is 1. The predicted octanol–water partition coefficient (Wildman–Crippen LogP) is 2.27. The average molecular weight is 309 g/mol. The van der Waals surface area contributed by atoms with Crippen molar-refractivity contribution in [3.05, 3.63) is 71.3 Å². The summed E-state index contributed by atoms with van der Waals surface area (Å²) in [6.45, 7) is 2.52. The summed E-state index contributed by atoms with van der Waals surface area (Å²) in [6.07, 6.45) is 3.33. The van der Waals surface area contributed by atoms with Crippen LogP contribution in [0, 0.1) is 0 Å². The maximum atomic E-state index is 12.0. The Labute approximate surface area is 135 Å². The highest BCUT2D eigenvalue weighted by atomic mass is 16.5. The summed E-state index contributed by atoms with van der Waals surface area (Å²) in [4.78, 5) is 22.8. The number of rotatable bonds is 7. The van der Waals surface area contributed by atoms with Crippen LogP contribution in [-0.4, -0.2) is 18.4 Å². The van der Waals surface area contributed by atoms with Gasteiger partial charge in [-0.1, -0.05) is 36.4 Å². The van der Waals surface area contributed by atoms with Crippen LogP contribution >= 0.6 is 0 Å². The van der Waals surface area contributed by atoms with E-state index < -0.39 is 5.97 Å². The van der Waals surface area contributed by atoms with Crippen molar-refractivity contribution in [2.75, 3.05) is 6.61 Å². The first-order valence-corrected chi connectivity index (χ1v) is 7.32. The molecule has 0 aliphatic carbocycles. The molecule has 4 heteroatoms. The Morgan fingerprint density at radius 2 is 1.87 bits per heavy atom. The number of benzene rings is 2. The molecule has 0 aromatic heterocycles. The topological polar surface area (TPSA) is 66.4 Å². The van der Waals surface area contributed by atoms with Gasteiger partial charge in [0.15, 0.2) is 5.78 Å². The highest BCUT2D eigenvalue weighted by Crippen LogP contribution is 2.13. The fraction of sp³-hybridized carbons (Fsp3) is 0.158. The highest BCUT2D eigenvalue weighted by molar-refractivity contribution is 5.95. The number of hydrogen-bond donors (Lipinski definition) is 0. The molecule has 23 heavy (non-hydrogen) atoms. The predicted molar refractivity (Wildman–Crippen MR) is 86.1 cm³/mol. The SMILES string of the molecule is CCOc1ccc(CC(=O)/C=C/c2cccc(C(=O)[O-])c2)cc1. The molecule has 0 saturated carbocycles. The Morgan fingerprint density at radius 1 is 1.13 bits per heavy atom. The molecule has 0 unspecified atom stereocenters. The van der Waals surface area contributed by atoms with Gasteiger partial charge in [-0.15, -0.1) is 0 Å². The molecule has 0 N–H and O–H groups in total. The number of carboxylic acids is 1. The van der Waals surface area contributed by atoms with E-state index in [4.69, 9.17) is 4.74 Å². The van der Waals surface area contributed by atoms with Crippen LogP contribution in [-0.2, 0) is 11.2 Å². The Hall–Kier alpha value is -2.88. The molecule has 118 valence electrons. The van der Waals surface area contributed by atoms with Crippen LogP contribution in [0.25, 0.3) is 6.08 Å². The number of aromatic carboxylic acids is 1. The standard InChI is InChI=1S/C19H18O4/c1-2-23-18-10-7-15(8-11-18)13-17(20)9-6-14-4-3-5-16(12-14)19(21)22/h3-12H,2,13H2,1H3,(H,21,22)/p-1/b9-6+. The molecule has 0 atom stereocenters. The first-order chi connectivity index (χ1) is 11.1. The van der Waals surface area contributed by atoms with Gasteiger partial charge in [-0.2, -0.15) is 0 Å². The summed E-state index contributed by atoms with van der Waals surface area (Å²) in [5.41, 5.74) is 1.63. The lowest BCUT2D eigenvalue weighted by Gasteiger charge is -2.04. The lowest BCUT2D eigenvalue weighted by Crippen LogP contribution is -2.22. The number of carbonyl (C=O) groups is 2. The van der Waals surface area contributed by atoms with Gasteiger partial charge >= 0.3 is 0 Å². The van der Waals surface area contributed by atoms with Gasteiger partial charge in [0.1, 0.15) is 5.75 Å². The number of ketones is 1. The van der Waals surface area contributed by atoms with Crippen LogP contribution in [0.1, 0.15) is 28.4 Å². The van der Waals surface area contributed by atoms with Crippen molar-refractivity contribution >= 4 is 17.8 Å². The zero-order valence-electron chi connectivity index (χ0n) is 12.8. The maximum Gasteiger partial charge on any atom is 0.160 e. The van der Waals surface area contributed by atoms with Gasteiger partial charge in [0.05, 0.1) is 12.6 Å². The fourth-order valence-corrected chi connectivity index (χ4v) is 2.09. The van der Waals surface area contributed by atoms with E-state index in [1.807, 2.05) is 31.2 Å². The molecule has 0 saturated heterocycles. The Balaban J connectivity index is 1.98. The second-order valence-electron chi connectivity index (χ2n) is 4.97. The van der Waals surface area contributed by atoms with E-state index in [2.05, 4.69) is 0 Å². The molecule has 2 aromatic carbocycles. The van der Waals surface area contributed by atoms with Gasteiger partial charge in [0.2, 0.25) is 0 Å². The fourth-order valence-electron chi connectivity index (χ4n) is 2.09. The summed E-state index contributed by atoms with van der Waals surface area (Å²) in [6, 6.07) is 13.6. The van der Waals surface area contributed by atoms with Crippen LogP contribution in [0.3, 0.4) is 0 Å². The van der Waals surface area contributed by atoms with Crippen molar-refractivity contribution < 1.29 is 19.4 Å². The number of carboxylic acid groups (broad SMARTS) is 1. The molecule has 0 aliphatic heterocycles. The van der Waals surface area contributed by atoms with Gasteiger partial charge in [0, 0.05) is 6.42 Å². The van der Waals surface area contributed by atoms with Crippen molar-refractivity contribution in [2.45, 2.75) is 13.3 Å². The summed E-state index contributed by atoms with van der Waals surface area (Å²) >= 11 is 0. The van der Waals surface area contributed by atoms with E-state index in [0.29, 0.717) is 12.2 Å². The second-order valence-corrected chi connectivity index (χ2v) is 4.97. The van der Waals surface area contributed by atoms with Gasteiger partial charge in [-0.3, -0.25) is 4.79 Å². The van der Waals surface area contributed by atoms with Crippen LogP contribution in [0.4, 0.5) is 0 Å². The quantitative estimate of drug-likeness (QED) is 0.736. The molecular formula is C19H17O4-. The largest absolute Gasteiger partial charge is 0.545 e. The van der Waals surface area contributed by atoms with Gasteiger partial charge in [-0.25, -0.2) is 0 Å². The van der Waals surface area contributed by atoms with Crippen LogP contribution in [0.15, 0.2) is 54.6 Å². The molecule has 0 bridgehead atoms. The molecule has 2 aromatic rings. The van der Waals surface area contributed by atoms with E-state index in [1.54, 1.807) is 18.2 Å². The number of carbonyl (C=O) groups excluding carboxylic acids is 2. The Morgan fingerprint density at radius 3 is 2.52 bits per heavy atom. The number of hydrogen-bond acceptors (Lipinski definition) is 4. The van der Waals surface area contributed by atoms with Crippen LogP contribution < -0.4 is 9.84 Å². The van der Waals surface area contributed by atoms with Gasteiger partial charge in [0.25, 0.3) is 0 Å². The molecule has 2 rings (SSSR count). The molecule has 0 aliphatic rings. The molecule has 0 radical (unpaired) electrons.